The van der Waals surface area contributed by atoms with Gasteiger partial charge in [-0.2, -0.15) is 0 Å². The van der Waals surface area contributed by atoms with Crippen LogP contribution >= 0.6 is 11.6 Å². The van der Waals surface area contributed by atoms with E-state index in [0.717, 1.165) is 21.2 Å². The molecule has 0 radical (unpaired) electrons. The minimum absolute atomic E-state index is 0.0565. The van der Waals surface area contributed by atoms with Gasteiger partial charge in [0.25, 0.3) is 10.0 Å². The number of halogens is 1. The van der Waals surface area contributed by atoms with E-state index in [9.17, 15) is 13.2 Å². The Morgan fingerprint density at radius 2 is 1.64 bits per heavy atom. The Kier molecular flexibility index (Phi) is 8.00. The highest BCUT2D eigenvalue weighted by molar-refractivity contribution is 7.92. The van der Waals surface area contributed by atoms with Gasteiger partial charge in [0.2, 0.25) is 5.91 Å². The van der Waals surface area contributed by atoms with Crippen LogP contribution in [0.3, 0.4) is 0 Å². The third-order valence-electron chi connectivity index (χ3n) is 5.24. The number of carbonyl (C=O) groups is 1. The molecule has 0 saturated heterocycles. The number of carbonyl (C=O) groups excluding carboxylic acids is 1. The van der Waals surface area contributed by atoms with Crippen molar-refractivity contribution in [1.82, 2.24) is 5.32 Å². The number of benzene rings is 3. The normalized spacial score (nSPS) is 11.2. The molecule has 0 bridgehead atoms. The van der Waals surface area contributed by atoms with E-state index < -0.39 is 15.9 Å². The van der Waals surface area contributed by atoms with Crippen LogP contribution < -0.4 is 14.4 Å². The number of sulfonamides is 1. The minimum atomic E-state index is -3.99. The maximum Gasteiger partial charge on any atom is 0.264 e. The lowest BCUT2D eigenvalue weighted by molar-refractivity contribution is -0.119. The second-order valence-electron chi connectivity index (χ2n) is 7.70. The summed E-state index contributed by atoms with van der Waals surface area (Å²) in [4.78, 5) is 12.7. The van der Waals surface area contributed by atoms with Gasteiger partial charge in [-0.1, -0.05) is 35.9 Å². The number of ether oxygens (including phenoxy) is 1. The molecule has 3 rings (SSSR count). The van der Waals surface area contributed by atoms with Crippen LogP contribution in [0.4, 0.5) is 5.69 Å². The fraction of sp³-hybridized carbons (Fsp3) is 0.240. The summed E-state index contributed by atoms with van der Waals surface area (Å²) < 4.78 is 33.6. The number of nitrogens with one attached hydrogen (secondary N) is 1. The number of nitrogens with zero attached hydrogens (tertiary/aromatic N) is 1. The van der Waals surface area contributed by atoms with Gasteiger partial charge in [0, 0.05) is 5.02 Å². The van der Waals surface area contributed by atoms with Gasteiger partial charge in [0.15, 0.2) is 0 Å². The zero-order valence-corrected chi connectivity index (χ0v) is 20.4. The molecule has 33 heavy (non-hydrogen) atoms. The van der Waals surface area contributed by atoms with Gasteiger partial charge in [-0.15, -0.1) is 0 Å². The molecule has 0 aliphatic rings. The predicted molar refractivity (Wildman–Crippen MR) is 132 cm³/mol. The zero-order chi connectivity index (χ0) is 24.0. The average Bonchev–Trinajstić information content (AvgIpc) is 2.78. The van der Waals surface area contributed by atoms with Crippen molar-refractivity contribution in [1.29, 1.82) is 0 Å². The second-order valence-corrected chi connectivity index (χ2v) is 10.00. The molecule has 3 aromatic carbocycles. The number of aryl methyl sites for hydroxylation is 3. The molecule has 174 valence electrons. The molecule has 0 aromatic heterocycles. The average molecular weight is 487 g/mol. The van der Waals surface area contributed by atoms with Crippen LogP contribution in [-0.2, 0) is 14.8 Å². The van der Waals surface area contributed by atoms with Gasteiger partial charge >= 0.3 is 0 Å². The molecule has 0 aliphatic carbocycles. The molecule has 0 heterocycles. The number of hydrogen-bond donors (Lipinski definition) is 1. The van der Waals surface area contributed by atoms with Gasteiger partial charge in [-0.3, -0.25) is 9.10 Å². The van der Waals surface area contributed by atoms with E-state index in [0.29, 0.717) is 10.7 Å². The van der Waals surface area contributed by atoms with E-state index in [-0.39, 0.29) is 24.6 Å². The van der Waals surface area contributed by atoms with Crippen molar-refractivity contribution in [2.45, 2.75) is 25.7 Å². The van der Waals surface area contributed by atoms with Crippen LogP contribution in [0.25, 0.3) is 0 Å². The van der Waals surface area contributed by atoms with Crippen molar-refractivity contribution in [2.75, 3.05) is 24.0 Å². The van der Waals surface area contributed by atoms with Crippen LogP contribution in [-0.4, -0.2) is 34.0 Å². The highest BCUT2D eigenvalue weighted by Crippen LogP contribution is 2.27. The van der Waals surface area contributed by atoms with Crippen LogP contribution in [0, 0.1) is 20.8 Å². The van der Waals surface area contributed by atoms with E-state index in [1.807, 2.05) is 38.1 Å². The Hall–Kier alpha value is -3.03. The molecule has 0 spiro atoms. The van der Waals surface area contributed by atoms with Gasteiger partial charge in [-0.05, 0) is 79.9 Å². The maximum atomic E-state index is 13.4. The van der Waals surface area contributed by atoms with Crippen LogP contribution in [0.15, 0.2) is 71.6 Å². The van der Waals surface area contributed by atoms with Crippen molar-refractivity contribution in [2.24, 2.45) is 0 Å². The topological polar surface area (TPSA) is 75.7 Å². The van der Waals surface area contributed by atoms with Crippen LogP contribution in [0.2, 0.25) is 5.02 Å². The third-order valence-corrected chi connectivity index (χ3v) is 7.27. The van der Waals surface area contributed by atoms with E-state index in [2.05, 4.69) is 5.32 Å². The highest BCUT2D eigenvalue weighted by Gasteiger charge is 2.28. The summed E-state index contributed by atoms with van der Waals surface area (Å²) in [6.45, 7) is 5.98. The van der Waals surface area contributed by atoms with Crippen molar-refractivity contribution in [3.63, 3.8) is 0 Å². The van der Waals surface area contributed by atoms with E-state index in [1.54, 1.807) is 25.1 Å². The first-order chi connectivity index (χ1) is 15.7. The molecule has 6 nitrogen and oxygen atoms in total. The maximum absolute atomic E-state index is 13.4. The first-order valence-corrected chi connectivity index (χ1v) is 12.3. The summed E-state index contributed by atoms with van der Waals surface area (Å²) in [5.74, 6) is 0.290. The standard InChI is InChI=1S/C25H27ClN2O4S/c1-18-8-11-22(16-20(18)3)32-15-14-27-25(29)17-28(24-7-5-4-6-19(24)2)33(30,31)23-12-9-21(26)10-13-23/h4-13,16H,14-15,17H2,1-3H3,(H,27,29). The molecule has 0 saturated carbocycles. The fourth-order valence-corrected chi connectivity index (χ4v) is 4.84. The first kappa shape index (κ1) is 24.6. The van der Waals surface area contributed by atoms with Crippen LogP contribution in [0.1, 0.15) is 16.7 Å². The number of amides is 1. The molecule has 0 fully saturated rings. The van der Waals surface area contributed by atoms with E-state index >= 15 is 0 Å². The number of para-hydroxylation sites is 1. The first-order valence-electron chi connectivity index (χ1n) is 10.5. The smallest absolute Gasteiger partial charge is 0.264 e. The quantitative estimate of drug-likeness (QED) is 0.446. The Bertz CT molecular complexity index is 1230. The second kappa shape index (κ2) is 10.7. The molecule has 0 atom stereocenters. The van der Waals surface area contributed by atoms with Crippen molar-refractivity contribution in [3.8, 4) is 5.75 Å². The lowest BCUT2D eigenvalue weighted by atomic mass is 10.1. The van der Waals surface area contributed by atoms with Crippen molar-refractivity contribution in [3.05, 3.63) is 88.4 Å². The Morgan fingerprint density at radius 1 is 0.939 bits per heavy atom. The van der Waals surface area contributed by atoms with Gasteiger partial charge in [0.1, 0.15) is 18.9 Å². The van der Waals surface area contributed by atoms with Gasteiger partial charge in [-0.25, -0.2) is 8.42 Å². The van der Waals surface area contributed by atoms with Gasteiger partial charge < -0.3 is 10.1 Å². The molecule has 1 N–H and O–H groups in total. The summed E-state index contributed by atoms with van der Waals surface area (Å²) >= 11 is 5.91. The van der Waals surface area contributed by atoms with Crippen molar-refractivity contribution < 1.29 is 17.9 Å². The number of hydrogen-bond acceptors (Lipinski definition) is 4. The molecule has 8 heteroatoms. The Labute approximate surface area is 200 Å². The summed E-state index contributed by atoms with van der Waals surface area (Å²) in [7, 11) is -3.99. The van der Waals surface area contributed by atoms with Crippen LogP contribution in [0.5, 0.6) is 5.75 Å². The summed E-state index contributed by atoms with van der Waals surface area (Å²) in [6, 6.07) is 18.7. The minimum Gasteiger partial charge on any atom is -0.492 e. The fourth-order valence-electron chi connectivity index (χ4n) is 3.23. The third kappa shape index (κ3) is 6.27. The number of anilines is 1. The summed E-state index contributed by atoms with van der Waals surface area (Å²) in [5.41, 5.74) is 3.47. The Morgan fingerprint density at radius 3 is 2.30 bits per heavy atom. The molecule has 3 aromatic rings. The lowest BCUT2D eigenvalue weighted by Crippen LogP contribution is -2.42. The summed E-state index contributed by atoms with van der Waals surface area (Å²) in [5, 5.41) is 3.17. The molecule has 1 amide bonds. The molecule has 0 unspecified atom stereocenters. The lowest BCUT2D eigenvalue weighted by Gasteiger charge is -2.25. The molecular weight excluding hydrogens is 460 g/mol. The predicted octanol–water partition coefficient (Wildman–Crippen LogP) is 4.66. The molecule has 0 aliphatic heterocycles. The largest absolute Gasteiger partial charge is 0.492 e. The number of rotatable bonds is 9. The van der Waals surface area contributed by atoms with E-state index in [4.69, 9.17) is 16.3 Å². The van der Waals surface area contributed by atoms with Crippen molar-refractivity contribution >= 4 is 33.2 Å². The highest BCUT2D eigenvalue weighted by atomic mass is 35.5. The van der Waals surface area contributed by atoms with E-state index in [1.165, 1.54) is 29.8 Å². The zero-order valence-electron chi connectivity index (χ0n) is 18.8. The summed E-state index contributed by atoms with van der Waals surface area (Å²) in [6.07, 6.45) is 0. The SMILES string of the molecule is Cc1ccc(OCCNC(=O)CN(c2ccccc2C)S(=O)(=O)c2ccc(Cl)cc2)cc1C. The van der Waals surface area contributed by atoms with Gasteiger partial charge in [0.05, 0.1) is 17.1 Å². The monoisotopic (exact) mass is 486 g/mol. The molecular formula is C25H27ClN2O4S. The Balaban J connectivity index is 1.71.